The Balaban J connectivity index is 2.05. The van der Waals surface area contributed by atoms with Gasteiger partial charge in [-0.1, -0.05) is 60.7 Å². The lowest BCUT2D eigenvalue weighted by Gasteiger charge is -2.38. The Kier molecular flexibility index (Phi) is 5.31. The number of ether oxygens (including phenoxy) is 1. The van der Waals surface area contributed by atoms with E-state index in [1.807, 2.05) is 32.9 Å². The molecule has 0 heterocycles. The summed E-state index contributed by atoms with van der Waals surface area (Å²) in [5, 5.41) is 0. The van der Waals surface area contributed by atoms with Crippen molar-refractivity contribution < 1.29 is 9.53 Å². The molecular weight excluding hydrogens is 320 g/mol. The quantitative estimate of drug-likeness (QED) is 0.512. The highest BCUT2D eigenvalue weighted by Crippen LogP contribution is 2.47. The van der Waals surface area contributed by atoms with E-state index in [-0.39, 0.29) is 23.7 Å². The van der Waals surface area contributed by atoms with Crippen molar-refractivity contribution >= 4 is 5.97 Å². The molecule has 0 aromatic heterocycles. The standard InChI is InChI=1S/C24H28O2/c1-5-11-18-19-14-9-10-15-20(19)21(17-12-7-6-8-13-17)16-22(18)23(25)26-24(2,3)4/h5-10,12-15,18,21-22H,1,11,16H2,2-4H3/t18-,21-,22?/m0/s1. The van der Waals surface area contributed by atoms with Gasteiger partial charge in [-0.25, -0.2) is 0 Å². The van der Waals surface area contributed by atoms with E-state index in [4.69, 9.17) is 4.74 Å². The second-order valence-electron chi connectivity index (χ2n) is 8.10. The van der Waals surface area contributed by atoms with E-state index >= 15 is 0 Å². The van der Waals surface area contributed by atoms with Crippen molar-refractivity contribution in [1.82, 2.24) is 0 Å². The number of allylic oxidation sites excluding steroid dienone is 1. The topological polar surface area (TPSA) is 26.3 Å². The summed E-state index contributed by atoms with van der Waals surface area (Å²) in [6.45, 7) is 9.71. The molecular formula is C24H28O2. The average molecular weight is 348 g/mol. The summed E-state index contributed by atoms with van der Waals surface area (Å²) in [5.74, 6) is 0.0802. The molecule has 2 nitrogen and oxygen atoms in total. The van der Waals surface area contributed by atoms with Crippen molar-refractivity contribution in [1.29, 1.82) is 0 Å². The highest BCUT2D eigenvalue weighted by molar-refractivity contribution is 5.75. The minimum Gasteiger partial charge on any atom is -0.460 e. The summed E-state index contributed by atoms with van der Waals surface area (Å²) in [5.41, 5.74) is 3.36. The maximum atomic E-state index is 13.0. The average Bonchev–Trinajstić information content (AvgIpc) is 2.61. The molecule has 1 unspecified atom stereocenters. The lowest BCUT2D eigenvalue weighted by molar-refractivity contribution is -0.161. The van der Waals surface area contributed by atoms with Crippen LogP contribution in [0.5, 0.6) is 0 Å². The highest BCUT2D eigenvalue weighted by atomic mass is 16.6. The molecule has 2 heteroatoms. The minimum absolute atomic E-state index is 0.0974. The van der Waals surface area contributed by atoms with E-state index < -0.39 is 5.60 Å². The van der Waals surface area contributed by atoms with Gasteiger partial charge in [0, 0.05) is 11.8 Å². The summed E-state index contributed by atoms with van der Waals surface area (Å²) in [6, 6.07) is 19.0. The molecule has 0 bridgehead atoms. The first-order valence-corrected chi connectivity index (χ1v) is 9.38. The molecule has 26 heavy (non-hydrogen) atoms. The summed E-state index contributed by atoms with van der Waals surface area (Å²) >= 11 is 0. The summed E-state index contributed by atoms with van der Waals surface area (Å²) in [7, 11) is 0. The molecule has 0 spiro atoms. The van der Waals surface area contributed by atoms with E-state index in [9.17, 15) is 4.79 Å². The fraction of sp³-hybridized carbons (Fsp3) is 0.375. The Bertz CT molecular complexity index is 770. The Morgan fingerprint density at radius 1 is 1.08 bits per heavy atom. The van der Waals surface area contributed by atoms with E-state index in [1.54, 1.807) is 0 Å². The van der Waals surface area contributed by atoms with Crippen molar-refractivity contribution in [2.75, 3.05) is 0 Å². The maximum Gasteiger partial charge on any atom is 0.310 e. The summed E-state index contributed by atoms with van der Waals surface area (Å²) in [4.78, 5) is 13.0. The third kappa shape index (κ3) is 3.90. The maximum absolute atomic E-state index is 13.0. The number of fused-ring (bicyclic) bond motifs is 1. The number of hydrogen-bond donors (Lipinski definition) is 0. The van der Waals surface area contributed by atoms with Gasteiger partial charge < -0.3 is 4.74 Å². The molecule has 3 atom stereocenters. The predicted octanol–water partition coefficient (Wildman–Crippen LogP) is 5.84. The van der Waals surface area contributed by atoms with Crippen LogP contribution in [0.2, 0.25) is 0 Å². The second kappa shape index (κ2) is 7.49. The van der Waals surface area contributed by atoms with E-state index in [0.717, 1.165) is 12.8 Å². The number of esters is 1. The van der Waals surface area contributed by atoms with Crippen LogP contribution < -0.4 is 0 Å². The fourth-order valence-corrected chi connectivity index (χ4v) is 4.04. The van der Waals surface area contributed by atoms with Crippen molar-refractivity contribution in [2.24, 2.45) is 5.92 Å². The van der Waals surface area contributed by atoms with Crippen LogP contribution in [0.25, 0.3) is 0 Å². The van der Waals surface area contributed by atoms with Crippen LogP contribution in [-0.2, 0) is 9.53 Å². The fourth-order valence-electron chi connectivity index (χ4n) is 4.04. The van der Waals surface area contributed by atoms with Crippen LogP contribution in [0.1, 0.15) is 62.1 Å². The number of hydrogen-bond acceptors (Lipinski definition) is 2. The van der Waals surface area contributed by atoms with Crippen LogP contribution >= 0.6 is 0 Å². The van der Waals surface area contributed by atoms with Crippen molar-refractivity contribution in [3.05, 3.63) is 83.9 Å². The largest absolute Gasteiger partial charge is 0.460 e. The number of carbonyl (C=O) groups excluding carboxylic acids is 1. The molecule has 3 rings (SSSR count). The number of carbonyl (C=O) groups is 1. The zero-order valence-corrected chi connectivity index (χ0v) is 15.9. The van der Waals surface area contributed by atoms with Crippen LogP contribution in [0.3, 0.4) is 0 Å². The first-order valence-electron chi connectivity index (χ1n) is 9.38. The van der Waals surface area contributed by atoms with Crippen LogP contribution in [-0.4, -0.2) is 11.6 Å². The lowest BCUT2D eigenvalue weighted by Crippen LogP contribution is -2.35. The molecule has 0 saturated heterocycles. The summed E-state index contributed by atoms with van der Waals surface area (Å²) in [6.07, 6.45) is 3.47. The zero-order valence-electron chi connectivity index (χ0n) is 15.9. The van der Waals surface area contributed by atoms with Gasteiger partial charge in [-0.05, 0) is 50.3 Å². The number of rotatable bonds is 4. The predicted molar refractivity (Wildman–Crippen MR) is 106 cm³/mol. The van der Waals surface area contributed by atoms with Gasteiger partial charge in [-0.3, -0.25) is 4.79 Å². The first-order chi connectivity index (χ1) is 12.4. The van der Waals surface area contributed by atoms with E-state index in [2.05, 4.69) is 55.1 Å². The zero-order chi connectivity index (χ0) is 18.7. The normalized spacial score (nSPS) is 22.3. The van der Waals surface area contributed by atoms with Crippen molar-refractivity contribution in [3.63, 3.8) is 0 Å². The third-order valence-corrected chi connectivity index (χ3v) is 5.08. The van der Waals surface area contributed by atoms with Gasteiger partial charge in [-0.2, -0.15) is 0 Å². The third-order valence-electron chi connectivity index (χ3n) is 5.08. The second-order valence-corrected chi connectivity index (χ2v) is 8.10. The molecule has 1 aliphatic carbocycles. The minimum atomic E-state index is -0.477. The molecule has 2 aromatic rings. The highest BCUT2D eigenvalue weighted by Gasteiger charge is 2.40. The SMILES string of the molecule is C=CC[C@H]1c2ccccc2[C@H](c2ccccc2)CC1C(=O)OC(C)(C)C. The smallest absolute Gasteiger partial charge is 0.310 e. The monoisotopic (exact) mass is 348 g/mol. The van der Waals surface area contributed by atoms with Crippen LogP contribution in [0, 0.1) is 5.92 Å². The van der Waals surface area contributed by atoms with Gasteiger partial charge in [0.15, 0.2) is 0 Å². The Morgan fingerprint density at radius 3 is 2.31 bits per heavy atom. The lowest BCUT2D eigenvalue weighted by atomic mass is 9.67. The Hall–Kier alpha value is -2.35. The molecule has 0 radical (unpaired) electrons. The Morgan fingerprint density at radius 2 is 1.69 bits per heavy atom. The Labute approximate surface area is 156 Å². The van der Waals surface area contributed by atoms with Gasteiger partial charge in [0.25, 0.3) is 0 Å². The van der Waals surface area contributed by atoms with Crippen molar-refractivity contribution in [3.8, 4) is 0 Å². The van der Waals surface area contributed by atoms with Gasteiger partial charge in [0.05, 0.1) is 5.92 Å². The first kappa shape index (κ1) is 18.4. The van der Waals surface area contributed by atoms with Crippen molar-refractivity contribution in [2.45, 2.75) is 51.0 Å². The number of benzene rings is 2. The van der Waals surface area contributed by atoms with Gasteiger partial charge in [0.2, 0.25) is 0 Å². The van der Waals surface area contributed by atoms with E-state index in [0.29, 0.717) is 0 Å². The van der Waals surface area contributed by atoms with Crippen LogP contribution in [0.15, 0.2) is 67.3 Å². The molecule has 0 saturated carbocycles. The van der Waals surface area contributed by atoms with Gasteiger partial charge in [0.1, 0.15) is 5.60 Å². The molecule has 2 aromatic carbocycles. The summed E-state index contributed by atoms with van der Waals surface area (Å²) < 4.78 is 5.78. The van der Waals surface area contributed by atoms with Gasteiger partial charge >= 0.3 is 5.97 Å². The van der Waals surface area contributed by atoms with Crippen LogP contribution in [0.4, 0.5) is 0 Å². The van der Waals surface area contributed by atoms with E-state index in [1.165, 1.54) is 16.7 Å². The molecule has 0 N–H and O–H groups in total. The molecule has 0 fully saturated rings. The molecule has 136 valence electrons. The molecule has 1 aliphatic rings. The molecule has 0 amide bonds. The van der Waals surface area contributed by atoms with Gasteiger partial charge in [-0.15, -0.1) is 6.58 Å². The molecule has 0 aliphatic heterocycles.